The average Bonchev–Trinajstić information content (AvgIpc) is 2.74. The molecule has 0 unspecified atom stereocenters. The summed E-state index contributed by atoms with van der Waals surface area (Å²) < 4.78 is 5.17. The summed E-state index contributed by atoms with van der Waals surface area (Å²) in [6, 6.07) is 20.4. The maximum atomic E-state index is 12.5. The van der Waals surface area contributed by atoms with Gasteiger partial charge in [-0.05, 0) is 43.2 Å². The van der Waals surface area contributed by atoms with Crippen LogP contribution in [0.1, 0.15) is 28.4 Å². The van der Waals surface area contributed by atoms with Crippen LogP contribution in [0.5, 0.6) is 0 Å². The minimum Gasteiger partial charge on any atom is -0.449 e. The Morgan fingerprint density at radius 2 is 1.72 bits per heavy atom. The molecule has 3 rings (SSSR count). The molecule has 0 radical (unpaired) electrons. The number of hydrogen-bond donors (Lipinski definition) is 1. The number of aromatic nitrogens is 1. The first-order valence-electron chi connectivity index (χ1n) is 9.39. The van der Waals surface area contributed by atoms with Gasteiger partial charge in [0.15, 0.2) is 0 Å². The predicted octanol–water partition coefficient (Wildman–Crippen LogP) is 4.81. The number of nitrogens with one attached hydrogen (secondary N) is 1. The second kappa shape index (κ2) is 9.50. The van der Waals surface area contributed by atoms with Gasteiger partial charge in [-0.3, -0.25) is 9.69 Å². The lowest BCUT2D eigenvalue weighted by Gasteiger charge is -2.21. The van der Waals surface area contributed by atoms with Crippen molar-refractivity contribution in [3.05, 3.63) is 89.6 Å². The van der Waals surface area contributed by atoms with Crippen molar-refractivity contribution in [2.45, 2.75) is 20.4 Å². The number of para-hydroxylation sites is 1. The summed E-state index contributed by atoms with van der Waals surface area (Å²) in [5.41, 5.74) is 3.07. The van der Waals surface area contributed by atoms with Crippen molar-refractivity contribution in [1.82, 2.24) is 4.98 Å². The van der Waals surface area contributed by atoms with E-state index in [1.165, 1.54) is 11.1 Å². The van der Waals surface area contributed by atoms with Gasteiger partial charge in [0.1, 0.15) is 5.82 Å². The Morgan fingerprint density at radius 3 is 2.38 bits per heavy atom. The summed E-state index contributed by atoms with van der Waals surface area (Å²) in [7, 11) is 0. The molecule has 1 aromatic heterocycles. The molecule has 3 aromatic rings. The van der Waals surface area contributed by atoms with E-state index >= 15 is 0 Å². The molecule has 0 aliphatic heterocycles. The zero-order valence-electron chi connectivity index (χ0n) is 16.5. The van der Waals surface area contributed by atoms with E-state index in [4.69, 9.17) is 4.74 Å². The molecule has 0 fully saturated rings. The van der Waals surface area contributed by atoms with E-state index in [9.17, 15) is 9.59 Å². The van der Waals surface area contributed by atoms with Gasteiger partial charge in [0.25, 0.3) is 5.91 Å². The Labute approximate surface area is 170 Å². The van der Waals surface area contributed by atoms with Gasteiger partial charge in [-0.2, -0.15) is 0 Å². The van der Waals surface area contributed by atoms with Crippen LogP contribution in [0.25, 0.3) is 0 Å². The van der Waals surface area contributed by atoms with Gasteiger partial charge in [-0.15, -0.1) is 0 Å². The van der Waals surface area contributed by atoms with Crippen LogP contribution in [0.15, 0.2) is 72.9 Å². The quantitative estimate of drug-likeness (QED) is 0.657. The number of amides is 2. The van der Waals surface area contributed by atoms with Gasteiger partial charge in [-0.25, -0.2) is 9.78 Å². The van der Waals surface area contributed by atoms with Gasteiger partial charge in [0.05, 0.1) is 18.7 Å². The Hall–Kier alpha value is -3.67. The number of hydrogen-bond acceptors (Lipinski definition) is 4. The van der Waals surface area contributed by atoms with E-state index in [1.807, 2.05) is 61.5 Å². The lowest BCUT2D eigenvalue weighted by Crippen LogP contribution is -2.31. The van der Waals surface area contributed by atoms with E-state index in [2.05, 4.69) is 10.3 Å². The number of ether oxygens (including phenoxy) is 1. The van der Waals surface area contributed by atoms with Crippen molar-refractivity contribution in [2.24, 2.45) is 0 Å². The normalized spacial score (nSPS) is 10.3. The molecule has 6 heteroatoms. The third kappa shape index (κ3) is 5.19. The minimum absolute atomic E-state index is 0.260. The fourth-order valence-corrected chi connectivity index (χ4v) is 2.79. The molecule has 2 aromatic carbocycles. The Kier molecular flexibility index (Phi) is 6.58. The van der Waals surface area contributed by atoms with Crippen LogP contribution in [0.4, 0.5) is 16.3 Å². The van der Waals surface area contributed by atoms with E-state index in [1.54, 1.807) is 19.1 Å². The molecule has 1 heterocycles. The predicted molar refractivity (Wildman–Crippen MR) is 113 cm³/mol. The SMILES string of the molecule is CCOC(=O)N(Cc1ccccc1)c1ccc(C(=O)Nc2ccccc2C)cn1. The first kappa shape index (κ1) is 20.1. The lowest BCUT2D eigenvalue weighted by atomic mass is 10.2. The first-order valence-corrected chi connectivity index (χ1v) is 9.39. The third-order valence-electron chi connectivity index (χ3n) is 4.35. The van der Waals surface area contributed by atoms with Gasteiger partial charge in [0.2, 0.25) is 0 Å². The summed E-state index contributed by atoms with van der Waals surface area (Å²) in [4.78, 5) is 30.7. The zero-order valence-corrected chi connectivity index (χ0v) is 16.5. The van der Waals surface area contributed by atoms with Gasteiger partial charge in [-0.1, -0.05) is 48.5 Å². The van der Waals surface area contributed by atoms with Crippen LogP contribution in [-0.4, -0.2) is 23.6 Å². The minimum atomic E-state index is -0.485. The second-order valence-corrected chi connectivity index (χ2v) is 6.44. The topological polar surface area (TPSA) is 71.5 Å². The second-order valence-electron chi connectivity index (χ2n) is 6.44. The molecule has 0 saturated carbocycles. The number of nitrogens with zero attached hydrogens (tertiary/aromatic N) is 2. The van der Waals surface area contributed by atoms with E-state index in [0.29, 0.717) is 17.9 Å². The number of benzene rings is 2. The van der Waals surface area contributed by atoms with E-state index in [0.717, 1.165) is 16.8 Å². The van der Waals surface area contributed by atoms with Gasteiger partial charge < -0.3 is 10.1 Å². The average molecular weight is 389 g/mol. The molecular formula is C23H23N3O3. The highest BCUT2D eigenvalue weighted by Gasteiger charge is 2.19. The van der Waals surface area contributed by atoms with Crippen molar-refractivity contribution < 1.29 is 14.3 Å². The number of carbonyl (C=O) groups excluding carboxylic acids is 2. The summed E-state index contributed by atoms with van der Waals surface area (Å²) >= 11 is 0. The van der Waals surface area contributed by atoms with Crippen molar-refractivity contribution in [2.75, 3.05) is 16.8 Å². The number of aryl methyl sites for hydroxylation is 1. The highest BCUT2D eigenvalue weighted by molar-refractivity contribution is 6.04. The summed E-state index contributed by atoms with van der Waals surface area (Å²) in [6.45, 7) is 4.27. The molecule has 2 amide bonds. The lowest BCUT2D eigenvalue weighted by molar-refractivity contribution is 0.102. The molecular weight excluding hydrogens is 366 g/mol. The van der Waals surface area contributed by atoms with Crippen molar-refractivity contribution in [1.29, 1.82) is 0 Å². The maximum Gasteiger partial charge on any atom is 0.415 e. The molecule has 148 valence electrons. The third-order valence-corrected chi connectivity index (χ3v) is 4.35. The molecule has 0 saturated heterocycles. The highest BCUT2D eigenvalue weighted by atomic mass is 16.6. The number of rotatable bonds is 6. The molecule has 29 heavy (non-hydrogen) atoms. The van der Waals surface area contributed by atoms with Crippen molar-refractivity contribution in [3.8, 4) is 0 Å². The van der Waals surface area contributed by atoms with Crippen LogP contribution in [0.2, 0.25) is 0 Å². The Bertz CT molecular complexity index is 972. The largest absolute Gasteiger partial charge is 0.449 e. The summed E-state index contributed by atoms with van der Waals surface area (Å²) in [6.07, 6.45) is 0.973. The van der Waals surface area contributed by atoms with Crippen LogP contribution >= 0.6 is 0 Å². The maximum absolute atomic E-state index is 12.5. The first-order chi connectivity index (χ1) is 14.1. The molecule has 1 N–H and O–H groups in total. The molecule has 0 spiro atoms. The smallest absolute Gasteiger partial charge is 0.415 e. The highest BCUT2D eigenvalue weighted by Crippen LogP contribution is 2.18. The fourth-order valence-electron chi connectivity index (χ4n) is 2.79. The van der Waals surface area contributed by atoms with Gasteiger partial charge >= 0.3 is 6.09 Å². The number of anilines is 2. The van der Waals surface area contributed by atoms with E-state index in [-0.39, 0.29) is 12.5 Å². The molecule has 6 nitrogen and oxygen atoms in total. The van der Waals surface area contributed by atoms with Crippen LogP contribution in [0, 0.1) is 6.92 Å². The van der Waals surface area contributed by atoms with Crippen molar-refractivity contribution in [3.63, 3.8) is 0 Å². The summed E-state index contributed by atoms with van der Waals surface area (Å²) in [5, 5.41) is 2.87. The Balaban J connectivity index is 1.78. The van der Waals surface area contributed by atoms with Crippen molar-refractivity contribution >= 4 is 23.5 Å². The van der Waals surface area contributed by atoms with E-state index < -0.39 is 6.09 Å². The number of carbonyl (C=O) groups is 2. The molecule has 0 aliphatic carbocycles. The molecule has 0 bridgehead atoms. The monoisotopic (exact) mass is 389 g/mol. The molecule has 0 atom stereocenters. The molecule has 0 aliphatic rings. The fraction of sp³-hybridized carbons (Fsp3) is 0.174. The van der Waals surface area contributed by atoms with Crippen LogP contribution < -0.4 is 10.2 Å². The zero-order chi connectivity index (χ0) is 20.6. The van der Waals surface area contributed by atoms with Gasteiger partial charge in [0, 0.05) is 11.9 Å². The van der Waals surface area contributed by atoms with Crippen LogP contribution in [0.3, 0.4) is 0 Å². The van der Waals surface area contributed by atoms with Crippen LogP contribution in [-0.2, 0) is 11.3 Å². The number of pyridine rings is 1. The summed E-state index contributed by atoms with van der Waals surface area (Å²) in [5.74, 6) is 0.156. The standard InChI is InChI=1S/C23H23N3O3/c1-3-29-23(28)26(16-18-10-5-4-6-11-18)21-14-13-19(15-24-21)22(27)25-20-12-8-7-9-17(20)2/h4-15H,3,16H2,1-2H3,(H,25,27). The Morgan fingerprint density at radius 1 is 1.00 bits per heavy atom.